The minimum Gasteiger partial charge on any atom is -0.392 e. The fraction of sp³-hybridized carbons (Fsp3) is 0.250. The molecule has 1 rings (SSSR count). The SMILES string of the molecule is CNc1cc(F)c(CO)cc1[N+](=O)[O-]. The van der Waals surface area contributed by atoms with Crippen molar-refractivity contribution < 1.29 is 14.4 Å². The van der Waals surface area contributed by atoms with E-state index in [9.17, 15) is 14.5 Å². The summed E-state index contributed by atoms with van der Waals surface area (Å²) in [6.45, 7) is -0.559. The molecule has 0 saturated heterocycles. The van der Waals surface area contributed by atoms with Gasteiger partial charge in [-0.1, -0.05) is 0 Å². The van der Waals surface area contributed by atoms with Gasteiger partial charge in [0.2, 0.25) is 0 Å². The van der Waals surface area contributed by atoms with E-state index in [1.807, 2.05) is 0 Å². The normalized spacial score (nSPS) is 9.93. The molecule has 2 N–H and O–H groups in total. The van der Waals surface area contributed by atoms with Crippen LogP contribution in [0.2, 0.25) is 0 Å². The Hall–Kier alpha value is -1.69. The molecule has 0 aliphatic heterocycles. The van der Waals surface area contributed by atoms with E-state index < -0.39 is 17.3 Å². The van der Waals surface area contributed by atoms with Crippen molar-refractivity contribution >= 4 is 11.4 Å². The Balaban J connectivity index is 3.32. The summed E-state index contributed by atoms with van der Waals surface area (Å²) in [4.78, 5) is 9.89. The van der Waals surface area contributed by atoms with Gasteiger partial charge in [0.25, 0.3) is 5.69 Å². The first kappa shape index (κ1) is 10.4. The highest BCUT2D eigenvalue weighted by atomic mass is 19.1. The van der Waals surface area contributed by atoms with Crippen LogP contribution in [-0.4, -0.2) is 17.1 Å². The second-order valence-electron chi connectivity index (χ2n) is 2.63. The number of nitro groups is 1. The summed E-state index contributed by atoms with van der Waals surface area (Å²) in [5.41, 5.74) is -0.252. The van der Waals surface area contributed by atoms with Crippen LogP contribution in [0, 0.1) is 15.9 Å². The van der Waals surface area contributed by atoms with E-state index in [0.29, 0.717) is 0 Å². The Morgan fingerprint density at radius 3 is 2.71 bits per heavy atom. The highest BCUT2D eigenvalue weighted by Gasteiger charge is 2.16. The quantitative estimate of drug-likeness (QED) is 0.569. The molecule has 6 heteroatoms. The molecule has 1 aromatic rings. The fourth-order valence-corrected chi connectivity index (χ4v) is 1.08. The van der Waals surface area contributed by atoms with Crippen LogP contribution in [0.1, 0.15) is 5.56 Å². The van der Waals surface area contributed by atoms with Crippen LogP contribution >= 0.6 is 0 Å². The van der Waals surface area contributed by atoms with Crippen molar-refractivity contribution in [2.24, 2.45) is 0 Å². The molecule has 0 bridgehead atoms. The first-order valence-electron chi connectivity index (χ1n) is 3.85. The summed E-state index contributed by atoms with van der Waals surface area (Å²) in [6.07, 6.45) is 0. The maximum atomic E-state index is 13.1. The van der Waals surface area contributed by atoms with Gasteiger partial charge in [-0.3, -0.25) is 10.1 Å². The van der Waals surface area contributed by atoms with Gasteiger partial charge in [0.15, 0.2) is 0 Å². The molecule has 0 aliphatic carbocycles. The summed E-state index contributed by atoms with van der Waals surface area (Å²) in [5.74, 6) is -0.664. The standard InChI is InChI=1S/C8H9FN2O3/c1-10-7-3-6(9)5(4-12)2-8(7)11(13)14/h2-3,10,12H,4H2,1H3. The summed E-state index contributed by atoms with van der Waals surface area (Å²) in [5, 5.41) is 21.7. The number of rotatable bonds is 3. The van der Waals surface area contributed by atoms with Gasteiger partial charge in [-0.05, 0) is 0 Å². The van der Waals surface area contributed by atoms with Gasteiger partial charge in [0, 0.05) is 24.7 Å². The number of benzene rings is 1. The lowest BCUT2D eigenvalue weighted by Crippen LogP contribution is -2.00. The van der Waals surface area contributed by atoms with Crippen LogP contribution in [0.4, 0.5) is 15.8 Å². The van der Waals surface area contributed by atoms with Gasteiger partial charge in [-0.2, -0.15) is 0 Å². The molecule has 1 aromatic carbocycles. The molecule has 76 valence electrons. The average Bonchev–Trinajstić information content (AvgIpc) is 2.16. The first-order valence-corrected chi connectivity index (χ1v) is 3.85. The predicted molar refractivity (Wildman–Crippen MR) is 48.5 cm³/mol. The molecule has 0 aromatic heterocycles. The van der Waals surface area contributed by atoms with E-state index in [4.69, 9.17) is 5.11 Å². The first-order chi connectivity index (χ1) is 6.60. The van der Waals surface area contributed by atoms with Crippen molar-refractivity contribution in [3.8, 4) is 0 Å². The van der Waals surface area contributed by atoms with Gasteiger partial charge < -0.3 is 10.4 Å². The van der Waals surface area contributed by atoms with E-state index in [1.54, 1.807) is 0 Å². The lowest BCUT2D eigenvalue weighted by atomic mass is 10.1. The molecule has 14 heavy (non-hydrogen) atoms. The molecule has 0 aliphatic rings. The zero-order valence-corrected chi connectivity index (χ0v) is 7.45. The van der Waals surface area contributed by atoms with E-state index >= 15 is 0 Å². The number of hydrogen-bond acceptors (Lipinski definition) is 4. The molecular weight excluding hydrogens is 191 g/mol. The molecule has 0 amide bonds. The number of anilines is 1. The number of halogens is 1. The Labute approximate surface area is 79.3 Å². The third kappa shape index (κ3) is 1.80. The van der Waals surface area contributed by atoms with Crippen molar-refractivity contribution in [1.29, 1.82) is 0 Å². The summed E-state index contributed by atoms with van der Waals surface area (Å²) < 4.78 is 13.1. The van der Waals surface area contributed by atoms with E-state index in [2.05, 4.69) is 5.32 Å². The van der Waals surface area contributed by atoms with Crippen LogP contribution in [-0.2, 0) is 6.61 Å². The monoisotopic (exact) mass is 200 g/mol. The van der Waals surface area contributed by atoms with Crippen molar-refractivity contribution in [2.75, 3.05) is 12.4 Å². The maximum absolute atomic E-state index is 13.1. The number of nitrogens with one attached hydrogen (secondary N) is 1. The molecule has 0 spiro atoms. The lowest BCUT2D eigenvalue weighted by Gasteiger charge is -2.04. The van der Waals surface area contributed by atoms with Gasteiger partial charge in [-0.25, -0.2) is 4.39 Å². The lowest BCUT2D eigenvalue weighted by molar-refractivity contribution is -0.384. The topological polar surface area (TPSA) is 75.4 Å². The molecule has 0 saturated carbocycles. The Morgan fingerprint density at radius 2 is 2.29 bits per heavy atom. The van der Waals surface area contributed by atoms with E-state index in [-0.39, 0.29) is 16.9 Å². The minimum absolute atomic E-state index is 0.0873. The molecule has 0 fully saturated rings. The van der Waals surface area contributed by atoms with Crippen molar-refractivity contribution in [1.82, 2.24) is 0 Å². The number of hydrogen-bond donors (Lipinski definition) is 2. The van der Waals surface area contributed by atoms with E-state index in [0.717, 1.165) is 12.1 Å². The minimum atomic E-state index is -0.664. The number of nitrogens with zero attached hydrogens (tertiary/aromatic N) is 1. The van der Waals surface area contributed by atoms with Gasteiger partial charge in [0.1, 0.15) is 11.5 Å². The summed E-state index contributed by atoms with van der Waals surface area (Å²) >= 11 is 0. The molecular formula is C8H9FN2O3. The summed E-state index contributed by atoms with van der Waals surface area (Å²) in [6, 6.07) is 2.00. The largest absolute Gasteiger partial charge is 0.392 e. The Bertz CT molecular complexity index is 368. The second kappa shape index (κ2) is 4.01. The highest BCUT2D eigenvalue weighted by molar-refractivity contribution is 5.62. The Morgan fingerprint density at radius 1 is 1.64 bits per heavy atom. The molecule has 0 atom stereocenters. The number of aliphatic hydroxyl groups is 1. The maximum Gasteiger partial charge on any atom is 0.292 e. The molecule has 0 radical (unpaired) electrons. The molecule has 5 nitrogen and oxygen atoms in total. The van der Waals surface area contributed by atoms with Crippen LogP contribution in [0.5, 0.6) is 0 Å². The van der Waals surface area contributed by atoms with Crippen molar-refractivity contribution in [2.45, 2.75) is 6.61 Å². The highest BCUT2D eigenvalue weighted by Crippen LogP contribution is 2.27. The van der Waals surface area contributed by atoms with Gasteiger partial charge in [-0.15, -0.1) is 0 Å². The summed E-state index contributed by atoms with van der Waals surface area (Å²) in [7, 11) is 1.46. The average molecular weight is 200 g/mol. The third-order valence-corrected chi connectivity index (χ3v) is 1.80. The smallest absolute Gasteiger partial charge is 0.292 e. The molecule has 0 heterocycles. The van der Waals surface area contributed by atoms with E-state index in [1.165, 1.54) is 7.05 Å². The fourth-order valence-electron chi connectivity index (χ4n) is 1.08. The van der Waals surface area contributed by atoms with Gasteiger partial charge in [0.05, 0.1) is 11.5 Å². The second-order valence-corrected chi connectivity index (χ2v) is 2.63. The van der Waals surface area contributed by atoms with Crippen LogP contribution in [0.25, 0.3) is 0 Å². The zero-order valence-electron chi connectivity index (χ0n) is 7.45. The predicted octanol–water partition coefficient (Wildman–Crippen LogP) is 1.27. The van der Waals surface area contributed by atoms with Crippen LogP contribution in [0.15, 0.2) is 12.1 Å². The van der Waals surface area contributed by atoms with Crippen molar-refractivity contribution in [3.63, 3.8) is 0 Å². The van der Waals surface area contributed by atoms with Crippen molar-refractivity contribution in [3.05, 3.63) is 33.6 Å². The van der Waals surface area contributed by atoms with Gasteiger partial charge >= 0.3 is 0 Å². The van der Waals surface area contributed by atoms with Crippen LogP contribution in [0.3, 0.4) is 0 Å². The number of aliphatic hydroxyl groups excluding tert-OH is 1. The Kier molecular flexibility index (Phi) is 2.98. The van der Waals surface area contributed by atoms with Crippen LogP contribution < -0.4 is 5.32 Å². The molecule has 0 unspecified atom stereocenters. The number of nitro benzene ring substituents is 1. The third-order valence-electron chi connectivity index (χ3n) is 1.80. The zero-order chi connectivity index (χ0) is 10.7.